The number of rotatable bonds is 5. The Hall–Kier alpha value is -3.28. The van der Waals surface area contributed by atoms with Gasteiger partial charge in [0.2, 0.25) is 0 Å². The third kappa shape index (κ3) is 3.86. The number of carbonyl (C=O) groups excluding carboxylic acids is 1. The predicted molar refractivity (Wildman–Crippen MR) is 103 cm³/mol. The van der Waals surface area contributed by atoms with Crippen LogP contribution < -0.4 is 5.32 Å². The SMILES string of the molecule is N#Cc1ccc(-c2cc(C(=O)NCCN3CCOCC3)cc3ncnn23)cc1. The molecule has 0 aliphatic carbocycles. The first-order chi connectivity index (χ1) is 13.7. The van der Waals surface area contributed by atoms with Gasteiger partial charge in [-0.2, -0.15) is 10.4 Å². The second kappa shape index (κ2) is 8.17. The number of hydrogen-bond donors (Lipinski definition) is 1. The second-order valence-electron chi connectivity index (χ2n) is 6.56. The Morgan fingerprint density at radius 2 is 2.00 bits per heavy atom. The van der Waals surface area contributed by atoms with Crippen LogP contribution in [0.15, 0.2) is 42.7 Å². The highest BCUT2D eigenvalue weighted by Gasteiger charge is 2.14. The molecule has 1 saturated heterocycles. The van der Waals surface area contributed by atoms with Gasteiger partial charge in [0.15, 0.2) is 5.65 Å². The molecule has 1 aromatic carbocycles. The Morgan fingerprint density at radius 3 is 2.75 bits per heavy atom. The predicted octanol–water partition coefficient (Wildman–Crippen LogP) is 1.33. The fraction of sp³-hybridized carbons (Fsp3) is 0.300. The molecule has 28 heavy (non-hydrogen) atoms. The van der Waals surface area contributed by atoms with E-state index < -0.39 is 0 Å². The standard InChI is InChI=1S/C20H20N6O2/c21-13-15-1-3-16(4-2-15)18-11-17(12-19-23-14-24-26(18)19)20(27)22-5-6-25-7-9-28-10-8-25/h1-4,11-12,14H,5-10H2,(H,22,27). The van der Waals surface area contributed by atoms with Crippen molar-refractivity contribution in [3.8, 4) is 17.3 Å². The summed E-state index contributed by atoms with van der Waals surface area (Å²) in [5.41, 5.74) is 3.31. The number of ether oxygens (including phenoxy) is 1. The molecular weight excluding hydrogens is 356 g/mol. The molecule has 142 valence electrons. The van der Waals surface area contributed by atoms with E-state index in [1.54, 1.807) is 28.8 Å². The van der Waals surface area contributed by atoms with Gasteiger partial charge >= 0.3 is 0 Å². The van der Waals surface area contributed by atoms with E-state index in [2.05, 4.69) is 26.4 Å². The van der Waals surface area contributed by atoms with Crippen molar-refractivity contribution in [2.75, 3.05) is 39.4 Å². The lowest BCUT2D eigenvalue weighted by Gasteiger charge is -2.26. The number of nitriles is 1. The minimum atomic E-state index is -0.145. The van der Waals surface area contributed by atoms with Crippen molar-refractivity contribution in [2.45, 2.75) is 0 Å². The molecule has 1 N–H and O–H groups in total. The zero-order valence-electron chi connectivity index (χ0n) is 15.3. The van der Waals surface area contributed by atoms with E-state index in [-0.39, 0.29) is 5.91 Å². The van der Waals surface area contributed by atoms with Gasteiger partial charge in [-0.3, -0.25) is 9.69 Å². The highest BCUT2D eigenvalue weighted by Crippen LogP contribution is 2.22. The van der Waals surface area contributed by atoms with Crippen LogP contribution in [0.1, 0.15) is 15.9 Å². The first-order valence-corrected chi connectivity index (χ1v) is 9.17. The van der Waals surface area contributed by atoms with E-state index in [9.17, 15) is 4.79 Å². The van der Waals surface area contributed by atoms with Gasteiger partial charge < -0.3 is 10.1 Å². The third-order valence-electron chi connectivity index (χ3n) is 4.77. The van der Waals surface area contributed by atoms with E-state index >= 15 is 0 Å². The molecule has 0 spiro atoms. The molecule has 0 bridgehead atoms. The Morgan fingerprint density at radius 1 is 1.21 bits per heavy atom. The summed E-state index contributed by atoms with van der Waals surface area (Å²) in [5.74, 6) is -0.145. The quantitative estimate of drug-likeness (QED) is 0.722. The number of benzene rings is 1. The van der Waals surface area contributed by atoms with Crippen molar-refractivity contribution in [3.05, 3.63) is 53.9 Å². The van der Waals surface area contributed by atoms with Gasteiger partial charge in [0.25, 0.3) is 5.91 Å². The summed E-state index contributed by atoms with van der Waals surface area (Å²) in [6, 6.07) is 12.8. The summed E-state index contributed by atoms with van der Waals surface area (Å²) >= 11 is 0. The molecule has 8 heteroatoms. The Bertz CT molecular complexity index is 1020. The number of fused-ring (bicyclic) bond motifs is 1. The van der Waals surface area contributed by atoms with E-state index in [0.29, 0.717) is 23.3 Å². The van der Waals surface area contributed by atoms with Gasteiger partial charge in [-0.15, -0.1) is 0 Å². The molecule has 0 atom stereocenters. The van der Waals surface area contributed by atoms with Crippen LogP contribution in [0.25, 0.3) is 16.9 Å². The molecule has 4 rings (SSSR count). The van der Waals surface area contributed by atoms with Crippen molar-refractivity contribution in [1.29, 1.82) is 5.26 Å². The lowest BCUT2D eigenvalue weighted by atomic mass is 10.1. The zero-order valence-corrected chi connectivity index (χ0v) is 15.3. The van der Waals surface area contributed by atoms with Crippen molar-refractivity contribution >= 4 is 11.6 Å². The topological polar surface area (TPSA) is 95.5 Å². The minimum Gasteiger partial charge on any atom is -0.379 e. The average molecular weight is 376 g/mol. The van der Waals surface area contributed by atoms with Crippen molar-refractivity contribution in [2.24, 2.45) is 0 Å². The maximum Gasteiger partial charge on any atom is 0.251 e. The molecule has 1 aliphatic rings. The second-order valence-corrected chi connectivity index (χ2v) is 6.56. The smallest absolute Gasteiger partial charge is 0.251 e. The van der Waals surface area contributed by atoms with E-state index in [1.807, 2.05) is 12.1 Å². The fourth-order valence-corrected chi connectivity index (χ4v) is 3.23. The van der Waals surface area contributed by atoms with Crippen LogP contribution >= 0.6 is 0 Å². The molecule has 3 heterocycles. The molecule has 1 aliphatic heterocycles. The fourth-order valence-electron chi connectivity index (χ4n) is 3.23. The van der Waals surface area contributed by atoms with Crippen LogP contribution in [-0.2, 0) is 4.74 Å². The minimum absolute atomic E-state index is 0.145. The van der Waals surface area contributed by atoms with Gasteiger partial charge in [-0.25, -0.2) is 9.50 Å². The van der Waals surface area contributed by atoms with Crippen LogP contribution in [-0.4, -0.2) is 64.8 Å². The normalized spacial score (nSPS) is 14.7. The molecule has 8 nitrogen and oxygen atoms in total. The molecule has 1 fully saturated rings. The molecule has 3 aromatic rings. The largest absolute Gasteiger partial charge is 0.379 e. The highest BCUT2D eigenvalue weighted by atomic mass is 16.5. The first kappa shape index (κ1) is 18.1. The molecule has 0 radical (unpaired) electrons. The van der Waals surface area contributed by atoms with Gasteiger partial charge in [0, 0.05) is 37.3 Å². The van der Waals surface area contributed by atoms with Gasteiger partial charge in [-0.05, 0) is 24.3 Å². The first-order valence-electron chi connectivity index (χ1n) is 9.17. The van der Waals surface area contributed by atoms with E-state index in [4.69, 9.17) is 10.00 Å². The number of hydrogen-bond acceptors (Lipinski definition) is 6. The summed E-state index contributed by atoms with van der Waals surface area (Å²) in [5, 5.41) is 16.2. The summed E-state index contributed by atoms with van der Waals surface area (Å²) < 4.78 is 7.02. The van der Waals surface area contributed by atoms with Crippen LogP contribution in [0.2, 0.25) is 0 Å². The maximum absolute atomic E-state index is 12.7. The zero-order chi connectivity index (χ0) is 19.3. The van der Waals surface area contributed by atoms with Crippen molar-refractivity contribution in [3.63, 3.8) is 0 Å². The van der Waals surface area contributed by atoms with Crippen LogP contribution in [0, 0.1) is 11.3 Å². The summed E-state index contributed by atoms with van der Waals surface area (Å²) in [6.45, 7) is 4.64. The highest BCUT2D eigenvalue weighted by molar-refractivity contribution is 5.96. The molecule has 0 saturated carbocycles. The lowest BCUT2D eigenvalue weighted by molar-refractivity contribution is 0.0383. The third-order valence-corrected chi connectivity index (χ3v) is 4.77. The van der Waals surface area contributed by atoms with Gasteiger partial charge in [0.05, 0.1) is 30.5 Å². The van der Waals surface area contributed by atoms with E-state index in [0.717, 1.165) is 44.1 Å². The molecule has 1 amide bonds. The van der Waals surface area contributed by atoms with Crippen LogP contribution in [0.3, 0.4) is 0 Å². The number of nitrogens with zero attached hydrogens (tertiary/aromatic N) is 5. The maximum atomic E-state index is 12.7. The average Bonchev–Trinajstić information content (AvgIpc) is 3.22. The summed E-state index contributed by atoms with van der Waals surface area (Å²) in [6.07, 6.45) is 1.46. The van der Waals surface area contributed by atoms with E-state index in [1.165, 1.54) is 6.33 Å². The number of nitrogens with one attached hydrogen (secondary N) is 1. The molecule has 0 unspecified atom stereocenters. The number of aromatic nitrogens is 3. The Labute approximate surface area is 162 Å². The number of amides is 1. The number of pyridine rings is 1. The van der Waals surface area contributed by atoms with Crippen molar-refractivity contribution < 1.29 is 9.53 Å². The van der Waals surface area contributed by atoms with Crippen LogP contribution in [0.5, 0.6) is 0 Å². The van der Waals surface area contributed by atoms with Gasteiger partial charge in [0.1, 0.15) is 6.33 Å². The van der Waals surface area contributed by atoms with Crippen molar-refractivity contribution in [1.82, 2.24) is 24.8 Å². The Kier molecular flexibility index (Phi) is 5.28. The van der Waals surface area contributed by atoms with Crippen LogP contribution in [0.4, 0.5) is 0 Å². The number of carbonyl (C=O) groups is 1. The molecular formula is C20H20N6O2. The molecule has 2 aromatic heterocycles. The monoisotopic (exact) mass is 376 g/mol. The lowest BCUT2D eigenvalue weighted by Crippen LogP contribution is -2.41. The number of morpholine rings is 1. The van der Waals surface area contributed by atoms with Gasteiger partial charge in [-0.1, -0.05) is 12.1 Å². The summed E-state index contributed by atoms with van der Waals surface area (Å²) in [7, 11) is 0. The summed E-state index contributed by atoms with van der Waals surface area (Å²) in [4.78, 5) is 19.2. The Balaban J connectivity index is 1.53.